The molecule has 0 saturated carbocycles. The summed E-state index contributed by atoms with van der Waals surface area (Å²) in [6.07, 6.45) is -1.17. The molecule has 94 valence electrons. The second kappa shape index (κ2) is 6.32. The monoisotopic (exact) mass is 241 g/mol. The molecule has 2 N–H and O–H groups in total. The number of ketones is 1. The quantitative estimate of drug-likeness (QED) is 0.608. The first kappa shape index (κ1) is 13.6. The third kappa shape index (κ3) is 3.25. The van der Waals surface area contributed by atoms with Gasteiger partial charge in [-0.15, -0.1) is 0 Å². The van der Waals surface area contributed by atoms with Crippen LogP contribution in [0.3, 0.4) is 0 Å². The molecule has 1 aromatic carbocycles. The second-order valence-corrected chi connectivity index (χ2v) is 3.29. The van der Waals surface area contributed by atoms with Gasteiger partial charge in [0.25, 0.3) is 0 Å². The van der Waals surface area contributed by atoms with E-state index < -0.39 is 17.8 Å². The average molecular weight is 241 g/mol. The highest BCUT2D eigenvalue weighted by atomic mass is 19.1. The number of hydrogen-bond donors (Lipinski definition) is 1. The summed E-state index contributed by atoms with van der Waals surface area (Å²) in [5.41, 5.74) is 5.34. The van der Waals surface area contributed by atoms with Gasteiger partial charge >= 0.3 is 0 Å². The number of rotatable bonds is 6. The molecule has 4 nitrogen and oxygen atoms in total. The standard InChI is InChI=1S/C12H16FNO3/c1-3-16-9-7-5-6-8(13)10(9)11(15)12(14)17-4-2/h5-7,12H,3-4,14H2,1-2H3. The fourth-order valence-corrected chi connectivity index (χ4v) is 1.42. The van der Waals surface area contributed by atoms with Crippen molar-refractivity contribution in [1.29, 1.82) is 0 Å². The van der Waals surface area contributed by atoms with Gasteiger partial charge in [0.05, 0.1) is 12.2 Å². The molecule has 0 aromatic heterocycles. The summed E-state index contributed by atoms with van der Waals surface area (Å²) < 4.78 is 23.8. The Labute approximate surface area is 99.5 Å². The number of ether oxygens (including phenoxy) is 2. The third-order valence-electron chi connectivity index (χ3n) is 2.13. The lowest BCUT2D eigenvalue weighted by Crippen LogP contribution is -2.34. The van der Waals surface area contributed by atoms with E-state index in [0.29, 0.717) is 6.61 Å². The Morgan fingerprint density at radius 3 is 2.71 bits per heavy atom. The van der Waals surface area contributed by atoms with Gasteiger partial charge in [-0.1, -0.05) is 6.07 Å². The molecule has 0 aliphatic rings. The first-order valence-electron chi connectivity index (χ1n) is 5.44. The molecule has 0 aliphatic heterocycles. The number of benzene rings is 1. The summed E-state index contributed by atoms with van der Waals surface area (Å²) in [7, 11) is 0. The zero-order valence-corrected chi connectivity index (χ0v) is 9.90. The number of halogens is 1. The highest BCUT2D eigenvalue weighted by Gasteiger charge is 2.23. The Hall–Kier alpha value is -1.46. The van der Waals surface area contributed by atoms with Crippen molar-refractivity contribution in [3.05, 3.63) is 29.6 Å². The van der Waals surface area contributed by atoms with Crippen molar-refractivity contribution in [2.24, 2.45) is 5.73 Å². The maximum Gasteiger partial charge on any atom is 0.212 e. The Morgan fingerprint density at radius 1 is 1.41 bits per heavy atom. The van der Waals surface area contributed by atoms with Gasteiger partial charge in [-0.25, -0.2) is 4.39 Å². The molecule has 0 fully saturated rings. The molecule has 0 bridgehead atoms. The van der Waals surface area contributed by atoms with E-state index in [9.17, 15) is 9.18 Å². The fourth-order valence-electron chi connectivity index (χ4n) is 1.42. The van der Waals surface area contributed by atoms with Gasteiger partial charge in [0.15, 0.2) is 6.23 Å². The predicted octanol–water partition coefficient (Wildman–Crippen LogP) is 1.73. The van der Waals surface area contributed by atoms with E-state index in [1.807, 2.05) is 0 Å². The van der Waals surface area contributed by atoms with Crippen molar-refractivity contribution in [3.63, 3.8) is 0 Å². The van der Waals surface area contributed by atoms with Crippen LogP contribution in [0, 0.1) is 5.82 Å². The highest BCUT2D eigenvalue weighted by Crippen LogP contribution is 2.23. The number of nitrogens with two attached hydrogens (primary N) is 1. The van der Waals surface area contributed by atoms with E-state index >= 15 is 0 Å². The Balaban J connectivity index is 3.06. The first-order valence-corrected chi connectivity index (χ1v) is 5.44. The largest absolute Gasteiger partial charge is 0.493 e. The van der Waals surface area contributed by atoms with Crippen LogP contribution < -0.4 is 10.5 Å². The summed E-state index contributed by atoms with van der Waals surface area (Å²) in [5, 5.41) is 0. The van der Waals surface area contributed by atoms with Crippen molar-refractivity contribution >= 4 is 5.78 Å². The van der Waals surface area contributed by atoms with E-state index in [-0.39, 0.29) is 17.9 Å². The minimum absolute atomic E-state index is 0.157. The molecular formula is C12H16FNO3. The smallest absolute Gasteiger partial charge is 0.212 e. The van der Waals surface area contributed by atoms with Crippen molar-refractivity contribution < 1.29 is 18.7 Å². The summed E-state index contributed by atoms with van der Waals surface area (Å²) in [4.78, 5) is 11.9. The summed E-state index contributed by atoms with van der Waals surface area (Å²) in [5.74, 6) is -1.09. The Morgan fingerprint density at radius 2 is 2.12 bits per heavy atom. The Bertz CT molecular complexity index is 395. The second-order valence-electron chi connectivity index (χ2n) is 3.29. The minimum Gasteiger partial charge on any atom is -0.493 e. The van der Waals surface area contributed by atoms with E-state index in [1.54, 1.807) is 13.8 Å². The van der Waals surface area contributed by atoms with Crippen LogP contribution in [0.2, 0.25) is 0 Å². The summed E-state index contributed by atoms with van der Waals surface area (Å²) >= 11 is 0. The van der Waals surface area contributed by atoms with E-state index in [0.717, 1.165) is 0 Å². The Kier molecular flexibility index (Phi) is 5.06. The van der Waals surface area contributed by atoms with Crippen LogP contribution in [0.1, 0.15) is 24.2 Å². The number of carbonyl (C=O) groups excluding carboxylic acids is 1. The lowest BCUT2D eigenvalue weighted by molar-refractivity contribution is 0.0472. The van der Waals surface area contributed by atoms with Crippen LogP contribution in [0.4, 0.5) is 4.39 Å². The first-order chi connectivity index (χ1) is 8.11. The van der Waals surface area contributed by atoms with Crippen LogP contribution in [0.15, 0.2) is 18.2 Å². The molecule has 0 radical (unpaired) electrons. The molecule has 5 heteroatoms. The topological polar surface area (TPSA) is 61.5 Å². The normalized spacial score (nSPS) is 12.2. The maximum absolute atomic E-state index is 13.6. The molecule has 0 heterocycles. The van der Waals surface area contributed by atoms with Gasteiger partial charge in [0.2, 0.25) is 5.78 Å². The lowest BCUT2D eigenvalue weighted by atomic mass is 10.1. The fraction of sp³-hybridized carbons (Fsp3) is 0.417. The van der Waals surface area contributed by atoms with Crippen LogP contribution in [-0.4, -0.2) is 25.2 Å². The van der Waals surface area contributed by atoms with Gasteiger partial charge in [0, 0.05) is 6.61 Å². The zero-order valence-electron chi connectivity index (χ0n) is 9.90. The molecule has 1 atom stereocenters. The van der Waals surface area contributed by atoms with Gasteiger partial charge in [-0.3, -0.25) is 10.5 Å². The highest BCUT2D eigenvalue weighted by molar-refractivity contribution is 6.01. The molecule has 1 unspecified atom stereocenters. The molecular weight excluding hydrogens is 225 g/mol. The molecule has 0 aliphatic carbocycles. The van der Waals surface area contributed by atoms with Gasteiger partial charge in [-0.05, 0) is 26.0 Å². The van der Waals surface area contributed by atoms with Gasteiger partial charge in [0.1, 0.15) is 11.6 Å². The van der Waals surface area contributed by atoms with Crippen LogP contribution >= 0.6 is 0 Å². The number of carbonyl (C=O) groups is 1. The van der Waals surface area contributed by atoms with Crippen molar-refractivity contribution in [2.45, 2.75) is 20.1 Å². The lowest BCUT2D eigenvalue weighted by Gasteiger charge is -2.14. The van der Waals surface area contributed by atoms with E-state index in [4.69, 9.17) is 15.2 Å². The third-order valence-corrected chi connectivity index (χ3v) is 2.13. The molecule has 1 rings (SSSR count). The van der Waals surface area contributed by atoms with Crippen molar-refractivity contribution in [3.8, 4) is 5.75 Å². The predicted molar refractivity (Wildman–Crippen MR) is 61.5 cm³/mol. The SMILES string of the molecule is CCOc1cccc(F)c1C(=O)C(N)OCC. The summed E-state index contributed by atoms with van der Waals surface area (Å²) in [6, 6.07) is 4.19. The van der Waals surface area contributed by atoms with Crippen molar-refractivity contribution in [2.75, 3.05) is 13.2 Å². The molecule has 0 amide bonds. The van der Waals surface area contributed by atoms with Crippen molar-refractivity contribution in [1.82, 2.24) is 0 Å². The van der Waals surface area contributed by atoms with Crippen LogP contribution in [-0.2, 0) is 4.74 Å². The van der Waals surface area contributed by atoms with Crippen LogP contribution in [0.25, 0.3) is 0 Å². The van der Waals surface area contributed by atoms with Gasteiger partial charge in [-0.2, -0.15) is 0 Å². The zero-order chi connectivity index (χ0) is 12.8. The minimum atomic E-state index is -1.17. The number of Topliss-reactive ketones (excluding diaryl/α,β-unsaturated/α-hetero) is 1. The molecule has 0 spiro atoms. The maximum atomic E-state index is 13.6. The number of hydrogen-bond acceptors (Lipinski definition) is 4. The molecule has 1 aromatic rings. The summed E-state index contributed by atoms with van der Waals surface area (Å²) in [6.45, 7) is 4.08. The van der Waals surface area contributed by atoms with Crippen LogP contribution in [0.5, 0.6) is 5.75 Å². The van der Waals surface area contributed by atoms with Gasteiger partial charge < -0.3 is 9.47 Å². The average Bonchev–Trinajstić information content (AvgIpc) is 2.29. The molecule has 17 heavy (non-hydrogen) atoms. The van der Waals surface area contributed by atoms with E-state index in [1.165, 1.54) is 18.2 Å². The van der Waals surface area contributed by atoms with E-state index in [2.05, 4.69) is 0 Å². The molecule has 0 saturated heterocycles.